The lowest BCUT2D eigenvalue weighted by atomic mass is 10.1. The Balaban J connectivity index is 2.68. The first kappa shape index (κ1) is 16.6. The van der Waals surface area contributed by atoms with Gasteiger partial charge in [-0.1, -0.05) is 34.6 Å². The average Bonchev–Trinajstić information content (AvgIpc) is 2.52. The van der Waals surface area contributed by atoms with E-state index in [0.717, 1.165) is 10.9 Å². The first-order chi connectivity index (χ1) is 10.6. The first-order valence-electron chi connectivity index (χ1n) is 6.61. The van der Waals surface area contributed by atoms with Gasteiger partial charge in [-0.3, -0.25) is 4.79 Å². The summed E-state index contributed by atoms with van der Waals surface area (Å²) in [4.78, 5) is 19.0. The summed E-state index contributed by atoms with van der Waals surface area (Å²) in [5, 5.41) is 9.74. The number of hydrogen-bond acceptors (Lipinski definition) is 5. The van der Waals surface area contributed by atoms with Gasteiger partial charge in [0, 0.05) is 10.0 Å². The summed E-state index contributed by atoms with van der Waals surface area (Å²) in [6.07, 6.45) is 2.67. The standard InChI is InChI=1S/C15H14BrN3O2S/c1-3-6-21-12-7-9(16)4-5-10(12)13-11(8-17)14(20)19-15(18-13)22-2/h4-5,7H,3,6H2,1-2H3,(H,18,19,20). The lowest BCUT2D eigenvalue weighted by Gasteiger charge is -2.12. The number of aromatic amines is 1. The molecule has 0 atom stereocenters. The highest BCUT2D eigenvalue weighted by Gasteiger charge is 2.17. The van der Waals surface area contributed by atoms with E-state index in [1.165, 1.54) is 11.8 Å². The van der Waals surface area contributed by atoms with Gasteiger partial charge in [0.1, 0.15) is 23.1 Å². The molecule has 22 heavy (non-hydrogen) atoms. The van der Waals surface area contributed by atoms with Crippen LogP contribution in [0.2, 0.25) is 0 Å². The van der Waals surface area contributed by atoms with Crippen LogP contribution in [0.4, 0.5) is 0 Å². The fourth-order valence-electron chi connectivity index (χ4n) is 1.87. The third kappa shape index (κ3) is 3.51. The monoisotopic (exact) mass is 379 g/mol. The van der Waals surface area contributed by atoms with E-state index in [1.54, 1.807) is 6.07 Å². The van der Waals surface area contributed by atoms with Gasteiger partial charge in [0.15, 0.2) is 5.16 Å². The second-order valence-corrected chi connectivity index (χ2v) is 6.11. The Morgan fingerprint density at radius 1 is 1.50 bits per heavy atom. The number of ether oxygens (including phenoxy) is 1. The summed E-state index contributed by atoms with van der Waals surface area (Å²) < 4.78 is 6.59. The number of H-pyrrole nitrogens is 1. The summed E-state index contributed by atoms with van der Waals surface area (Å²) in [5.41, 5.74) is 0.520. The highest BCUT2D eigenvalue weighted by molar-refractivity contribution is 9.10. The van der Waals surface area contributed by atoms with E-state index in [9.17, 15) is 10.1 Å². The molecule has 2 rings (SSSR count). The van der Waals surface area contributed by atoms with Crippen LogP contribution in [0.5, 0.6) is 5.75 Å². The zero-order valence-electron chi connectivity index (χ0n) is 12.1. The SMILES string of the molecule is CCCOc1cc(Br)ccc1-c1nc(SC)[nH]c(=O)c1C#N. The maximum Gasteiger partial charge on any atom is 0.270 e. The number of nitriles is 1. The molecule has 0 saturated carbocycles. The predicted octanol–water partition coefficient (Wildman–Crippen LogP) is 3.58. The first-order valence-corrected chi connectivity index (χ1v) is 8.63. The third-order valence-corrected chi connectivity index (χ3v) is 3.94. The van der Waals surface area contributed by atoms with E-state index in [1.807, 2.05) is 31.4 Å². The lowest BCUT2D eigenvalue weighted by molar-refractivity contribution is 0.318. The van der Waals surface area contributed by atoms with Gasteiger partial charge in [0.05, 0.1) is 6.61 Å². The highest BCUT2D eigenvalue weighted by atomic mass is 79.9. The molecule has 2 aromatic rings. The molecular formula is C15H14BrN3O2S. The maximum absolute atomic E-state index is 12.0. The molecular weight excluding hydrogens is 366 g/mol. The predicted molar refractivity (Wildman–Crippen MR) is 90.3 cm³/mol. The van der Waals surface area contributed by atoms with Crippen molar-refractivity contribution in [2.24, 2.45) is 0 Å². The number of thioether (sulfide) groups is 1. The summed E-state index contributed by atoms with van der Waals surface area (Å²) in [5.74, 6) is 0.595. The molecule has 0 aliphatic carbocycles. The normalized spacial score (nSPS) is 10.3. The molecule has 0 fully saturated rings. The van der Waals surface area contributed by atoms with Crippen molar-refractivity contribution >= 4 is 27.7 Å². The Bertz CT molecular complexity index is 783. The number of halogens is 1. The molecule has 1 heterocycles. The van der Waals surface area contributed by atoms with E-state index >= 15 is 0 Å². The summed E-state index contributed by atoms with van der Waals surface area (Å²) in [6.45, 7) is 2.56. The molecule has 0 aliphatic heterocycles. The average molecular weight is 380 g/mol. The molecule has 1 aromatic carbocycles. The Labute approximate surface area is 140 Å². The molecule has 7 heteroatoms. The zero-order chi connectivity index (χ0) is 16.1. The van der Waals surface area contributed by atoms with Crippen LogP contribution in [0, 0.1) is 11.3 Å². The van der Waals surface area contributed by atoms with E-state index in [2.05, 4.69) is 25.9 Å². The van der Waals surface area contributed by atoms with Gasteiger partial charge in [-0.25, -0.2) is 4.98 Å². The van der Waals surface area contributed by atoms with Gasteiger partial charge in [-0.15, -0.1) is 0 Å². The molecule has 1 N–H and O–H groups in total. The fraction of sp³-hybridized carbons (Fsp3) is 0.267. The third-order valence-electron chi connectivity index (χ3n) is 2.86. The fourth-order valence-corrected chi connectivity index (χ4v) is 2.59. The Morgan fingerprint density at radius 2 is 2.27 bits per heavy atom. The molecule has 0 amide bonds. The van der Waals surface area contributed by atoms with E-state index < -0.39 is 5.56 Å². The highest BCUT2D eigenvalue weighted by Crippen LogP contribution is 2.33. The molecule has 0 aliphatic rings. The summed E-state index contributed by atoms with van der Waals surface area (Å²) in [6, 6.07) is 7.37. The van der Waals surface area contributed by atoms with Crippen LogP contribution in [0.25, 0.3) is 11.3 Å². The van der Waals surface area contributed by atoms with Crippen LogP contribution in [-0.4, -0.2) is 22.8 Å². The smallest absolute Gasteiger partial charge is 0.270 e. The van der Waals surface area contributed by atoms with Crippen molar-refractivity contribution in [1.29, 1.82) is 5.26 Å². The van der Waals surface area contributed by atoms with Gasteiger partial charge in [-0.05, 0) is 30.9 Å². The second-order valence-electron chi connectivity index (χ2n) is 4.40. The molecule has 0 bridgehead atoms. The number of benzene rings is 1. The van der Waals surface area contributed by atoms with Gasteiger partial charge in [-0.2, -0.15) is 5.26 Å². The summed E-state index contributed by atoms with van der Waals surface area (Å²) >= 11 is 4.71. The minimum Gasteiger partial charge on any atom is -0.493 e. The number of nitrogens with zero attached hydrogens (tertiary/aromatic N) is 2. The molecule has 114 valence electrons. The number of hydrogen-bond donors (Lipinski definition) is 1. The molecule has 0 saturated heterocycles. The van der Waals surface area contributed by atoms with Crippen molar-refractivity contribution in [3.8, 4) is 23.1 Å². The van der Waals surface area contributed by atoms with Crippen LogP contribution in [0.1, 0.15) is 18.9 Å². The van der Waals surface area contributed by atoms with Crippen molar-refractivity contribution in [3.05, 3.63) is 38.6 Å². The largest absolute Gasteiger partial charge is 0.493 e. The number of rotatable bonds is 5. The van der Waals surface area contributed by atoms with Gasteiger partial charge >= 0.3 is 0 Å². The topological polar surface area (TPSA) is 78.8 Å². The van der Waals surface area contributed by atoms with Crippen LogP contribution in [0.3, 0.4) is 0 Å². The van der Waals surface area contributed by atoms with E-state index in [4.69, 9.17) is 4.74 Å². The molecule has 0 unspecified atom stereocenters. The molecule has 1 aromatic heterocycles. The molecule has 0 spiro atoms. The molecule has 5 nitrogen and oxygen atoms in total. The van der Waals surface area contributed by atoms with Gasteiger partial charge in [0.2, 0.25) is 0 Å². The quantitative estimate of drug-likeness (QED) is 0.634. The minimum absolute atomic E-state index is 0.0125. The Kier molecular flexibility index (Phi) is 5.63. The zero-order valence-corrected chi connectivity index (χ0v) is 14.5. The van der Waals surface area contributed by atoms with Gasteiger partial charge in [0.25, 0.3) is 5.56 Å². The Morgan fingerprint density at radius 3 is 2.91 bits per heavy atom. The van der Waals surface area contributed by atoms with Crippen LogP contribution < -0.4 is 10.3 Å². The number of nitrogens with one attached hydrogen (secondary N) is 1. The van der Waals surface area contributed by atoms with Crippen molar-refractivity contribution < 1.29 is 4.74 Å². The minimum atomic E-state index is -0.443. The van der Waals surface area contributed by atoms with Crippen LogP contribution >= 0.6 is 27.7 Å². The van der Waals surface area contributed by atoms with Crippen molar-refractivity contribution in [3.63, 3.8) is 0 Å². The van der Waals surface area contributed by atoms with Crippen LogP contribution in [0.15, 0.2) is 32.6 Å². The van der Waals surface area contributed by atoms with E-state index in [-0.39, 0.29) is 5.56 Å². The van der Waals surface area contributed by atoms with Gasteiger partial charge < -0.3 is 9.72 Å². The molecule has 0 radical (unpaired) electrons. The van der Waals surface area contributed by atoms with Crippen LogP contribution in [-0.2, 0) is 0 Å². The maximum atomic E-state index is 12.0. The Hall–Kier alpha value is -1.78. The van der Waals surface area contributed by atoms with Crippen molar-refractivity contribution in [2.75, 3.05) is 12.9 Å². The second kappa shape index (κ2) is 7.47. The number of aromatic nitrogens is 2. The van der Waals surface area contributed by atoms with Crippen molar-refractivity contribution in [2.45, 2.75) is 18.5 Å². The summed E-state index contributed by atoms with van der Waals surface area (Å²) in [7, 11) is 0. The van der Waals surface area contributed by atoms with E-state index in [0.29, 0.717) is 28.8 Å². The lowest BCUT2D eigenvalue weighted by Crippen LogP contribution is -2.15. The van der Waals surface area contributed by atoms with Crippen molar-refractivity contribution in [1.82, 2.24) is 9.97 Å².